The summed E-state index contributed by atoms with van der Waals surface area (Å²) in [6.07, 6.45) is 1.69. The molecule has 0 aliphatic rings. The largest absolute Gasteiger partial charge is 0.478 e. The van der Waals surface area contributed by atoms with E-state index >= 15 is 0 Å². The molecule has 5 nitrogen and oxygen atoms in total. The summed E-state index contributed by atoms with van der Waals surface area (Å²) in [5, 5.41) is 2.76. The summed E-state index contributed by atoms with van der Waals surface area (Å²) in [4.78, 5) is 16.2. The Labute approximate surface area is 124 Å². The Morgan fingerprint density at radius 1 is 1.33 bits per heavy atom. The van der Waals surface area contributed by atoms with E-state index in [1.54, 1.807) is 12.3 Å². The van der Waals surface area contributed by atoms with Crippen molar-refractivity contribution in [3.05, 3.63) is 48.2 Å². The van der Waals surface area contributed by atoms with E-state index in [2.05, 4.69) is 10.3 Å². The molecule has 0 aliphatic heterocycles. The maximum atomic E-state index is 12.0. The summed E-state index contributed by atoms with van der Waals surface area (Å²) < 4.78 is 5.53. The molecule has 0 spiro atoms. The number of hydrogen-bond acceptors (Lipinski definition) is 4. The standard InChI is InChI=1S/C16H19N3O2/c1-2-21-16-14(7-4-9-19-16)12-5-3-6-13(11-12)15(20)18-10-8-17/h3-7,9,11H,2,8,10,17H2,1H3,(H,18,20). The average Bonchev–Trinajstić information content (AvgIpc) is 2.53. The molecule has 3 N–H and O–H groups in total. The lowest BCUT2D eigenvalue weighted by molar-refractivity contribution is 0.0955. The van der Waals surface area contributed by atoms with Gasteiger partial charge in [0.15, 0.2) is 0 Å². The van der Waals surface area contributed by atoms with Gasteiger partial charge in [0.25, 0.3) is 5.91 Å². The molecule has 1 aromatic carbocycles. The number of carbonyl (C=O) groups excluding carboxylic acids is 1. The highest BCUT2D eigenvalue weighted by molar-refractivity contribution is 5.95. The summed E-state index contributed by atoms with van der Waals surface area (Å²) in [5.74, 6) is 0.434. The molecule has 0 fully saturated rings. The Morgan fingerprint density at radius 3 is 2.95 bits per heavy atom. The van der Waals surface area contributed by atoms with Crippen molar-refractivity contribution in [2.45, 2.75) is 6.92 Å². The number of nitrogens with zero attached hydrogens (tertiary/aromatic N) is 1. The Kier molecular flexibility index (Phi) is 5.29. The molecule has 0 radical (unpaired) electrons. The van der Waals surface area contributed by atoms with Crippen LogP contribution in [0.25, 0.3) is 11.1 Å². The zero-order valence-corrected chi connectivity index (χ0v) is 12.0. The van der Waals surface area contributed by atoms with Gasteiger partial charge >= 0.3 is 0 Å². The van der Waals surface area contributed by atoms with E-state index in [1.165, 1.54) is 0 Å². The van der Waals surface area contributed by atoms with Crippen molar-refractivity contribution in [1.29, 1.82) is 0 Å². The molecule has 0 saturated carbocycles. The third-order valence-corrected chi connectivity index (χ3v) is 2.92. The Hall–Kier alpha value is -2.40. The summed E-state index contributed by atoms with van der Waals surface area (Å²) in [7, 11) is 0. The number of amides is 1. The third-order valence-electron chi connectivity index (χ3n) is 2.92. The van der Waals surface area contributed by atoms with Crippen LogP contribution >= 0.6 is 0 Å². The molecule has 0 atom stereocenters. The van der Waals surface area contributed by atoms with Crippen LogP contribution < -0.4 is 15.8 Å². The van der Waals surface area contributed by atoms with Crippen LogP contribution in [0.4, 0.5) is 0 Å². The molecule has 110 valence electrons. The molecule has 21 heavy (non-hydrogen) atoms. The van der Waals surface area contributed by atoms with Crippen LogP contribution in [0.5, 0.6) is 5.88 Å². The topological polar surface area (TPSA) is 77.2 Å². The first kappa shape index (κ1) is 15.0. The highest BCUT2D eigenvalue weighted by atomic mass is 16.5. The Bertz CT molecular complexity index is 614. The van der Waals surface area contributed by atoms with Crippen LogP contribution in [-0.4, -0.2) is 30.6 Å². The van der Waals surface area contributed by atoms with Gasteiger partial charge in [-0.15, -0.1) is 0 Å². The maximum absolute atomic E-state index is 12.0. The lowest BCUT2D eigenvalue weighted by atomic mass is 10.0. The van der Waals surface area contributed by atoms with Crippen molar-refractivity contribution in [2.24, 2.45) is 5.73 Å². The van der Waals surface area contributed by atoms with E-state index in [0.717, 1.165) is 11.1 Å². The van der Waals surface area contributed by atoms with Gasteiger partial charge in [-0.1, -0.05) is 12.1 Å². The van der Waals surface area contributed by atoms with Crippen LogP contribution in [0.3, 0.4) is 0 Å². The minimum atomic E-state index is -0.135. The molecule has 1 amide bonds. The normalized spacial score (nSPS) is 10.2. The number of rotatable bonds is 6. The molecule has 1 aromatic heterocycles. The van der Waals surface area contributed by atoms with Crippen molar-refractivity contribution < 1.29 is 9.53 Å². The second kappa shape index (κ2) is 7.40. The van der Waals surface area contributed by atoms with Gasteiger partial charge in [-0.2, -0.15) is 0 Å². The molecule has 0 aliphatic carbocycles. The average molecular weight is 285 g/mol. The fraction of sp³-hybridized carbons (Fsp3) is 0.250. The van der Waals surface area contributed by atoms with E-state index in [1.807, 2.05) is 37.3 Å². The fourth-order valence-corrected chi connectivity index (χ4v) is 1.98. The van der Waals surface area contributed by atoms with Gasteiger partial charge in [0.05, 0.1) is 6.61 Å². The maximum Gasteiger partial charge on any atom is 0.251 e. The van der Waals surface area contributed by atoms with E-state index in [9.17, 15) is 4.79 Å². The number of aromatic nitrogens is 1. The van der Waals surface area contributed by atoms with E-state index in [-0.39, 0.29) is 5.91 Å². The summed E-state index contributed by atoms with van der Waals surface area (Å²) in [6, 6.07) is 11.1. The molecule has 2 aromatic rings. The molecule has 0 bridgehead atoms. The zero-order valence-electron chi connectivity index (χ0n) is 12.0. The molecule has 1 heterocycles. The molecule has 5 heteroatoms. The number of hydrogen-bond donors (Lipinski definition) is 2. The SMILES string of the molecule is CCOc1ncccc1-c1cccc(C(=O)NCCN)c1. The molecule has 2 rings (SSSR count). The summed E-state index contributed by atoms with van der Waals surface area (Å²) >= 11 is 0. The summed E-state index contributed by atoms with van der Waals surface area (Å²) in [6.45, 7) is 3.33. The van der Waals surface area contributed by atoms with Gasteiger partial charge in [-0.3, -0.25) is 4.79 Å². The van der Waals surface area contributed by atoms with Crippen LogP contribution in [0, 0.1) is 0 Å². The van der Waals surface area contributed by atoms with Gasteiger partial charge in [-0.25, -0.2) is 4.98 Å². The molecule has 0 saturated heterocycles. The van der Waals surface area contributed by atoms with Gasteiger partial charge in [-0.05, 0) is 36.8 Å². The van der Waals surface area contributed by atoms with E-state index in [4.69, 9.17) is 10.5 Å². The summed E-state index contributed by atoms with van der Waals surface area (Å²) in [5.41, 5.74) is 7.74. The zero-order chi connectivity index (χ0) is 15.1. The van der Waals surface area contributed by atoms with Gasteiger partial charge in [0.1, 0.15) is 0 Å². The van der Waals surface area contributed by atoms with Crippen LogP contribution in [-0.2, 0) is 0 Å². The molecular weight excluding hydrogens is 266 g/mol. The third kappa shape index (κ3) is 3.79. The monoisotopic (exact) mass is 285 g/mol. The van der Waals surface area contributed by atoms with Gasteiger partial charge < -0.3 is 15.8 Å². The lowest BCUT2D eigenvalue weighted by Gasteiger charge is -2.10. The highest BCUT2D eigenvalue weighted by Crippen LogP contribution is 2.28. The van der Waals surface area contributed by atoms with Crippen molar-refractivity contribution >= 4 is 5.91 Å². The smallest absolute Gasteiger partial charge is 0.251 e. The van der Waals surface area contributed by atoms with Crippen molar-refractivity contribution in [3.63, 3.8) is 0 Å². The second-order valence-electron chi connectivity index (χ2n) is 4.41. The lowest BCUT2D eigenvalue weighted by Crippen LogP contribution is -2.28. The number of nitrogens with two attached hydrogens (primary N) is 1. The second-order valence-corrected chi connectivity index (χ2v) is 4.41. The minimum Gasteiger partial charge on any atom is -0.478 e. The van der Waals surface area contributed by atoms with Crippen LogP contribution in [0.2, 0.25) is 0 Å². The predicted octanol–water partition coefficient (Wildman–Crippen LogP) is 1.84. The van der Waals surface area contributed by atoms with E-state index < -0.39 is 0 Å². The van der Waals surface area contributed by atoms with Gasteiger partial charge in [0.2, 0.25) is 5.88 Å². The van der Waals surface area contributed by atoms with Crippen molar-refractivity contribution in [1.82, 2.24) is 10.3 Å². The van der Waals surface area contributed by atoms with E-state index in [0.29, 0.717) is 31.1 Å². The number of pyridine rings is 1. The van der Waals surface area contributed by atoms with Crippen LogP contribution in [0.15, 0.2) is 42.6 Å². The number of carbonyl (C=O) groups is 1. The number of nitrogens with one attached hydrogen (secondary N) is 1. The first-order chi connectivity index (χ1) is 10.3. The van der Waals surface area contributed by atoms with Crippen molar-refractivity contribution in [3.8, 4) is 17.0 Å². The van der Waals surface area contributed by atoms with Crippen molar-refractivity contribution in [2.75, 3.05) is 19.7 Å². The minimum absolute atomic E-state index is 0.135. The Balaban J connectivity index is 2.31. The molecular formula is C16H19N3O2. The fourth-order valence-electron chi connectivity index (χ4n) is 1.98. The van der Waals surface area contributed by atoms with Crippen LogP contribution in [0.1, 0.15) is 17.3 Å². The predicted molar refractivity (Wildman–Crippen MR) is 82.2 cm³/mol. The quantitative estimate of drug-likeness (QED) is 0.849. The first-order valence-electron chi connectivity index (χ1n) is 6.92. The van der Waals surface area contributed by atoms with Gasteiger partial charge in [0, 0.05) is 30.4 Å². The highest BCUT2D eigenvalue weighted by Gasteiger charge is 2.10. The Morgan fingerprint density at radius 2 is 2.19 bits per heavy atom. The number of benzene rings is 1. The molecule has 0 unspecified atom stereocenters. The first-order valence-corrected chi connectivity index (χ1v) is 6.92. The number of ether oxygens (including phenoxy) is 1.